The zero-order chi connectivity index (χ0) is 22.3. The largest absolute Gasteiger partial charge is 0.493 e. The van der Waals surface area contributed by atoms with Gasteiger partial charge >= 0.3 is 0 Å². The Kier molecular flexibility index (Phi) is 7.96. The Bertz CT molecular complexity index is 1010. The molecule has 32 heavy (non-hydrogen) atoms. The van der Waals surface area contributed by atoms with Crippen molar-refractivity contribution in [1.29, 1.82) is 0 Å². The fourth-order valence-corrected chi connectivity index (χ4v) is 4.43. The van der Waals surface area contributed by atoms with E-state index in [-0.39, 0.29) is 0 Å². The van der Waals surface area contributed by atoms with Crippen molar-refractivity contribution in [3.05, 3.63) is 28.7 Å². The van der Waals surface area contributed by atoms with Crippen LogP contribution in [0.15, 0.2) is 23.7 Å². The van der Waals surface area contributed by atoms with Crippen LogP contribution in [0.5, 0.6) is 11.5 Å². The number of methoxy groups -OCH3 is 1. The lowest BCUT2D eigenvalue weighted by molar-refractivity contribution is 0.0368. The first kappa shape index (κ1) is 23.0. The first-order valence-corrected chi connectivity index (χ1v) is 12.1. The molecule has 0 amide bonds. The molecule has 0 radical (unpaired) electrons. The van der Waals surface area contributed by atoms with Crippen LogP contribution in [-0.4, -0.2) is 71.2 Å². The maximum atomic E-state index is 6.57. The van der Waals surface area contributed by atoms with E-state index in [9.17, 15) is 0 Å². The minimum Gasteiger partial charge on any atom is -0.493 e. The van der Waals surface area contributed by atoms with Crippen LogP contribution in [0.4, 0.5) is 0 Å². The molecule has 8 nitrogen and oxygen atoms in total. The van der Waals surface area contributed by atoms with Gasteiger partial charge in [-0.1, -0.05) is 18.5 Å². The Balaban J connectivity index is 1.62. The molecule has 0 unspecified atom stereocenters. The van der Waals surface area contributed by atoms with E-state index in [4.69, 9.17) is 35.9 Å². The highest BCUT2D eigenvalue weighted by molar-refractivity contribution is 7.13. The number of hydrogen-bond acceptors (Lipinski definition) is 8. The van der Waals surface area contributed by atoms with E-state index in [0.29, 0.717) is 29.0 Å². The molecule has 172 valence electrons. The molecule has 0 aliphatic carbocycles. The van der Waals surface area contributed by atoms with Gasteiger partial charge in [-0.25, -0.2) is 14.6 Å². The van der Waals surface area contributed by atoms with Crippen LogP contribution in [0.3, 0.4) is 0 Å². The second-order valence-electron chi connectivity index (χ2n) is 7.46. The van der Waals surface area contributed by atoms with Crippen LogP contribution in [0.1, 0.15) is 19.8 Å². The lowest BCUT2D eigenvalue weighted by Gasteiger charge is -2.26. The molecule has 1 fully saturated rings. The number of ether oxygens (including phenoxy) is 3. The van der Waals surface area contributed by atoms with Gasteiger partial charge in [0, 0.05) is 43.3 Å². The highest BCUT2D eigenvalue weighted by atomic mass is 35.5. The normalized spacial score (nSPS) is 14.6. The van der Waals surface area contributed by atoms with Crippen molar-refractivity contribution in [2.75, 3.05) is 46.6 Å². The summed E-state index contributed by atoms with van der Waals surface area (Å²) in [6, 6.07) is 3.77. The van der Waals surface area contributed by atoms with Crippen LogP contribution in [0.2, 0.25) is 5.02 Å². The van der Waals surface area contributed by atoms with Crippen molar-refractivity contribution in [3.8, 4) is 33.7 Å². The van der Waals surface area contributed by atoms with Crippen LogP contribution < -0.4 is 9.47 Å². The van der Waals surface area contributed by atoms with E-state index in [0.717, 1.165) is 68.6 Å². The van der Waals surface area contributed by atoms with Crippen molar-refractivity contribution in [2.24, 2.45) is 0 Å². The molecule has 0 N–H and O–H groups in total. The molecular formula is C22H28ClN5O3S. The fraction of sp³-hybridized carbons (Fsp3) is 0.500. The van der Waals surface area contributed by atoms with E-state index >= 15 is 0 Å². The molecule has 1 aliphatic heterocycles. The average molecular weight is 478 g/mol. The van der Waals surface area contributed by atoms with Gasteiger partial charge in [0.15, 0.2) is 22.3 Å². The van der Waals surface area contributed by atoms with Crippen molar-refractivity contribution in [2.45, 2.75) is 26.3 Å². The van der Waals surface area contributed by atoms with Gasteiger partial charge in [0.2, 0.25) is 5.82 Å². The predicted molar refractivity (Wildman–Crippen MR) is 126 cm³/mol. The summed E-state index contributed by atoms with van der Waals surface area (Å²) in [7, 11) is 1.61. The molecule has 0 spiro atoms. The molecule has 0 atom stereocenters. The molecule has 0 bridgehead atoms. The van der Waals surface area contributed by atoms with Gasteiger partial charge < -0.3 is 14.2 Å². The number of nitrogens with zero attached hydrogens (tertiary/aromatic N) is 5. The molecule has 3 heterocycles. The van der Waals surface area contributed by atoms with E-state index < -0.39 is 0 Å². The molecule has 2 aromatic heterocycles. The van der Waals surface area contributed by atoms with Crippen molar-refractivity contribution >= 4 is 22.9 Å². The number of thiazole rings is 1. The predicted octanol–water partition coefficient (Wildman–Crippen LogP) is 4.24. The highest BCUT2D eigenvalue weighted by Gasteiger charge is 2.20. The first-order valence-electron chi connectivity index (χ1n) is 10.8. The third-order valence-electron chi connectivity index (χ3n) is 5.18. The summed E-state index contributed by atoms with van der Waals surface area (Å²) < 4.78 is 18.8. The molecule has 1 aliphatic rings. The number of rotatable bonds is 10. The standard InChI is InChI=1S/C22H28ClN5O3S/c1-3-10-31-19-17(23)14-16(15-18(19)29-2)21-25-20(22-24-5-13-32-22)26-28(21)7-4-6-27-8-11-30-12-9-27/h5,13-15H,3-4,6-12H2,1-2H3. The zero-order valence-corrected chi connectivity index (χ0v) is 20.0. The zero-order valence-electron chi connectivity index (χ0n) is 18.4. The average Bonchev–Trinajstić information content (AvgIpc) is 3.49. The summed E-state index contributed by atoms with van der Waals surface area (Å²) in [6.07, 6.45) is 3.60. The Hall–Kier alpha value is -2.20. The highest BCUT2D eigenvalue weighted by Crippen LogP contribution is 2.39. The molecule has 3 aromatic rings. The summed E-state index contributed by atoms with van der Waals surface area (Å²) in [5.74, 6) is 2.49. The van der Waals surface area contributed by atoms with Gasteiger partial charge in [-0.15, -0.1) is 16.4 Å². The number of hydrogen-bond donors (Lipinski definition) is 0. The Morgan fingerprint density at radius 2 is 2.06 bits per heavy atom. The van der Waals surface area contributed by atoms with Gasteiger partial charge in [-0.2, -0.15) is 0 Å². The summed E-state index contributed by atoms with van der Waals surface area (Å²) in [5, 5.41) is 7.97. The third kappa shape index (κ3) is 5.40. The van der Waals surface area contributed by atoms with Crippen molar-refractivity contribution in [1.82, 2.24) is 24.6 Å². The maximum Gasteiger partial charge on any atom is 0.210 e. The van der Waals surface area contributed by atoms with Gasteiger partial charge in [0.05, 0.1) is 32.0 Å². The topological polar surface area (TPSA) is 74.5 Å². The Morgan fingerprint density at radius 1 is 1.22 bits per heavy atom. The van der Waals surface area contributed by atoms with Crippen LogP contribution in [0.25, 0.3) is 22.2 Å². The number of benzene rings is 1. The van der Waals surface area contributed by atoms with Crippen LogP contribution in [-0.2, 0) is 11.3 Å². The molecule has 10 heteroatoms. The van der Waals surface area contributed by atoms with Gasteiger partial charge in [0.1, 0.15) is 0 Å². The minimum absolute atomic E-state index is 0.492. The fourth-order valence-electron chi connectivity index (χ4n) is 3.60. The second kappa shape index (κ2) is 11.1. The minimum atomic E-state index is 0.492. The van der Waals surface area contributed by atoms with E-state index in [1.807, 2.05) is 29.1 Å². The Labute approximate surface area is 197 Å². The number of halogens is 1. The van der Waals surface area contributed by atoms with Crippen molar-refractivity contribution in [3.63, 3.8) is 0 Å². The quantitative estimate of drug-likeness (QED) is 0.432. The maximum absolute atomic E-state index is 6.57. The van der Waals surface area contributed by atoms with Crippen LogP contribution >= 0.6 is 22.9 Å². The SMILES string of the molecule is CCCOc1c(Cl)cc(-c2nc(-c3nccs3)nn2CCCN2CCOCC2)cc1OC. The molecule has 0 saturated carbocycles. The summed E-state index contributed by atoms with van der Waals surface area (Å²) >= 11 is 8.09. The van der Waals surface area contributed by atoms with Crippen LogP contribution in [0, 0.1) is 0 Å². The van der Waals surface area contributed by atoms with Gasteiger partial charge in [-0.3, -0.25) is 4.90 Å². The summed E-state index contributed by atoms with van der Waals surface area (Å²) in [6.45, 7) is 7.89. The van der Waals surface area contributed by atoms with Gasteiger partial charge in [0.25, 0.3) is 0 Å². The number of morpholine rings is 1. The molecular weight excluding hydrogens is 450 g/mol. The Morgan fingerprint density at radius 3 is 2.78 bits per heavy atom. The lowest BCUT2D eigenvalue weighted by atomic mass is 10.2. The summed E-state index contributed by atoms with van der Waals surface area (Å²) in [5.41, 5.74) is 0.831. The summed E-state index contributed by atoms with van der Waals surface area (Å²) in [4.78, 5) is 11.6. The second-order valence-corrected chi connectivity index (χ2v) is 8.77. The smallest absolute Gasteiger partial charge is 0.210 e. The lowest BCUT2D eigenvalue weighted by Crippen LogP contribution is -2.37. The molecule has 1 aromatic carbocycles. The van der Waals surface area contributed by atoms with Gasteiger partial charge in [-0.05, 0) is 25.0 Å². The van der Waals surface area contributed by atoms with E-state index in [1.165, 1.54) is 11.3 Å². The van der Waals surface area contributed by atoms with E-state index in [1.54, 1.807) is 13.3 Å². The molecule has 4 rings (SSSR count). The molecule has 1 saturated heterocycles. The monoisotopic (exact) mass is 477 g/mol. The third-order valence-corrected chi connectivity index (χ3v) is 6.23. The van der Waals surface area contributed by atoms with E-state index in [2.05, 4.69) is 9.88 Å². The first-order chi connectivity index (χ1) is 15.7. The number of aromatic nitrogens is 4. The number of aryl methyl sites for hydroxylation is 1. The van der Waals surface area contributed by atoms with Crippen molar-refractivity contribution < 1.29 is 14.2 Å².